The largest absolute Gasteiger partial charge is 0.490 e. The van der Waals surface area contributed by atoms with Gasteiger partial charge in [-0.05, 0) is 49.4 Å². The molecule has 0 atom stereocenters. The summed E-state index contributed by atoms with van der Waals surface area (Å²) in [4.78, 5) is 16.0. The fourth-order valence-corrected chi connectivity index (χ4v) is 4.79. The van der Waals surface area contributed by atoms with Crippen LogP contribution in [0.1, 0.15) is 21.8 Å². The van der Waals surface area contributed by atoms with Crippen LogP contribution in [0.2, 0.25) is 0 Å². The highest BCUT2D eigenvalue weighted by Gasteiger charge is 2.34. The lowest BCUT2D eigenvalue weighted by molar-refractivity contribution is -0.137. The maximum atomic E-state index is 13.3. The van der Waals surface area contributed by atoms with E-state index in [1.54, 1.807) is 6.92 Å². The van der Waals surface area contributed by atoms with Crippen LogP contribution in [0.5, 0.6) is 5.75 Å². The number of halogens is 3. The summed E-state index contributed by atoms with van der Waals surface area (Å²) >= 11 is 0. The molecule has 2 aromatic carbocycles. The van der Waals surface area contributed by atoms with Crippen LogP contribution in [-0.4, -0.2) is 32.5 Å². The summed E-state index contributed by atoms with van der Waals surface area (Å²) in [6, 6.07) is 7.88. The molecule has 3 aromatic rings. The SMILES string of the molecule is Cc1ncoc1C(=O)Nc1ccc2c(c1)S(=O)(=O)N(c1ccc(C(F)(F)F)cc1)CCO2. The number of aryl methyl sites for hydroxylation is 1. The number of sulfonamides is 1. The molecule has 1 aliphatic heterocycles. The molecule has 1 aliphatic rings. The quantitative estimate of drug-likeness (QED) is 0.628. The summed E-state index contributed by atoms with van der Waals surface area (Å²) in [5.41, 5.74) is -0.313. The predicted molar refractivity (Wildman–Crippen MR) is 107 cm³/mol. The van der Waals surface area contributed by atoms with Crippen molar-refractivity contribution in [1.29, 1.82) is 0 Å². The first-order valence-corrected chi connectivity index (χ1v) is 10.7. The molecule has 168 valence electrons. The Kier molecular flexibility index (Phi) is 5.33. The number of benzene rings is 2. The summed E-state index contributed by atoms with van der Waals surface area (Å²) in [5, 5.41) is 2.54. The Morgan fingerprint density at radius 2 is 1.88 bits per heavy atom. The van der Waals surface area contributed by atoms with Crippen molar-refractivity contribution in [2.24, 2.45) is 0 Å². The molecular weight excluding hydrogens is 451 g/mol. The number of carbonyl (C=O) groups is 1. The van der Waals surface area contributed by atoms with Crippen molar-refractivity contribution in [2.45, 2.75) is 18.0 Å². The van der Waals surface area contributed by atoms with Crippen molar-refractivity contribution in [3.63, 3.8) is 0 Å². The smallest absolute Gasteiger partial charge is 0.416 e. The lowest BCUT2D eigenvalue weighted by atomic mass is 10.2. The molecule has 0 saturated carbocycles. The molecule has 12 heteroatoms. The van der Waals surface area contributed by atoms with E-state index in [1.807, 2.05) is 0 Å². The van der Waals surface area contributed by atoms with Crippen molar-refractivity contribution in [2.75, 3.05) is 22.8 Å². The minimum absolute atomic E-state index is 0.0176. The van der Waals surface area contributed by atoms with Gasteiger partial charge in [0.15, 0.2) is 6.39 Å². The molecule has 0 unspecified atom stereocenters. The number of hydrogen-bond donors (Lipinski definition) is 1. The molecule has 2 heterocycles. The van der Waals surface area contributed by atoms with Crippen LogP contribution in [0.3, 0.4) is 0 Å². The van der Waals surface area contributed by atoms with Gasteiger partial charge in [-0.3, -0.25) is 9.10 Å². The Hall–Kier alpha value is -3.54. The number of oxazole rings is 1. The second kappa shape index (κ2) is 7.86. The number of ether oxygens (including phenoxy) is 1. The van der Waals surface area contributed by atoms with Gasteiger partial charge in [0.1, 0.15) is 17.3 Å². The van der Waals surface area contributed by atoms with Gasteiger partial charge < -0.3 is 14.5 Å². The first kappa shape index (κ1) is 21.7. The van der Waals surface area contributed by atoms with Crippen molar-refractivity contribution in [1.82, 2.24) is 4.98 Å². The molecule has 1 N–H and O–H groups in total. The van der Waals surface area contributed by atoms with Gasteiger partial charge in [0.05, 0.1) is 23.5 Å². The van der Waals surface area contributed by atoms with Crippen LogP contribution in [0.15, 0.2) is 58.2 Å². The van der Waals surface area contributed by atoms with Gasteiger partial charge in [0, 0.05) is 5.69 Å². The molecule has 4 rings (SSSR count). The summed E-state index contributed by atoms with van der Waals surface area (Å²) in [6.45, 7) is 1.45. The van der Waals surface area contributed by atoms with Crippen LogP contribution in [0, 0.1) is 6.92 Å². The topological polar surface area (TPSA) is 102 Å². The Morgan fingerprint density at radius 3 is 2.50 bits per heavy atom. The monoisotopic (exact) mass is 467 g/mol. The maximum absolute atomic E-state index is 13.3. The first-order valence-electron chi connectivity index (χ1n) is 9.25. The third kappa shape index (κ3) is 4.00. The molecule has 8 nitrogen and oxygen atoms in total. The van der Waals surface area contributed by atoms with Crippen molar-refractivity contribution >= 4 is 27.3 Å². The van der Waals surface area contributed by atoms with E-state index in [4.69, 9.17) is 9.15 Å². The number of rotatable bonds is 3. The van der Waals surface area contributed by atoms with Gasteiger partial charge in [0.25, 0.3) is 15.9 Å². The van der Waals surface area contributed by atoms with E-state index in [0.717, 1.165) is 35.0 Å². The van der Waals surface area contributed by atoms with Crippen molar-refractivity contribution < 1.29 is 35.5 Å². The number of fused-ring (bicyclic) bond motifs is 1. The number of nitrogens with zero attached hydrogens (tertiary/aromatic N) is 2. The van der Waals surface area contributed by atoms with E-state index < -0.39 is 27.7 Å². The van der Waals surface area contributed by atoms with Crippen LogP contribution in [0.4, 0.5) is 24.5 Å². The Labute approximate surface area is 180 Å². The normalized spacial score (nSPS) is 15.4. The third-order valence-electron chi connectivity index (χ3n) is 4.76. The predicted octanol–water partition coefficient (Wildman–Crippen LogP) is 3.84. The van der Waals surface area contributed by atoms with Crippen LogP contribution >= 0.6 is 0 Å². The van der Waals surface area contributed by atoms with Crippen LogP contribution < -0.4 is 14.4 Å². The molecule has 0 aliphatic carbocycles. The van der Waals surface area contributed by atoms with Gasteiger partial charge in [-0.1, -0.05) is 0 Å². The minimum atomic E-state index is -4.54. The Balaban J connectivity index is 1.67. The molecule has 1 amide bonds. The average Bonchev–Trinajstić information content (AvgIpc) is 3.12. The number of hydrogen-bond acceptors (Lipinski definition) is 6. The third-order valence-corrected chi connectivity index (χ3v) is 6.60. The van der Waals surface area contributed by atoms with Gasteiger partial charge in [-0.25, -0.2) is 13.4 Å². The van der Waals surface area contributed by atoms with Gasteiger partial charge in [0.2, 0.25) is 5.76 Å². The van der Waals surface area contributed by atoms with E-state index in [2.05, 4.69) is 10.3 Å². The highest BCUT2D eigenvalue weighted by molar-refractivity contribution is 7.93. The molecule has 0 spiro atoms. The molecule has 1 aromatic heterocycles. The van der Waals surface area contributed by atoms with E-state index in [-0.39, 0.29) is 40.9 Å². The van der Waals surface area contributed by atoms with Gasteiger partial charge >= 0.3 is 6.18 Å². The molecule has 0 saturated heterocycles. The fourth-order valence-electron chi connectivity index (χ4n) is 3.18. The molecular formula is C20H16F3N3O5S. The minimum Gasteiger partial charge on any atom is -0.490 e. The molecule has 0 fully saturated rings. The fraction of sp³-hybridized carbons (Fsp3) is 0.200. The lowest BCUT2D eigenvalue weighted by Crippen LogP contribution is -2.32. The summed E-state index contributed by atoms with van der Waals surface area (Å²) in [6.07, 6.45) is -3.43. The second-order valence-electron chi connectivity index (χ2n) is 6.85. The van der Waals surface area contributed by atoms with E-state index >= 15 is 0 Å². The second-order valence-corrected chi connectivity index (χ2v) is 8.68. The van der Waals surface area contributed by atoms with E-state index in [0.29, 0.717) is 5.69 Å². The number of anilines is 2. The Morgan fingerprint density at radius 1 is 1.16 bits per heavy atom. The van der Waals surface area contributed by atoms with Gasteiger partial charge in [-0.2, -0.15) is 13.2 Å². The molecule has 32 heavy (non-hydrogen) atoms. The van der Waals surface area contributed by atoms with E-state index in [1.165, 1.54) is 18.2 Å². The highest BCUT2D eigenvalue weighted by Crippen LogP contribution is 2.36. The summed E-state index contributed by atoms with van der Waals surface area (Å²) < 4.78 is 76.7. The lowest BCUT2D eigenvalue weighted by Gasteiger charge is -2.22. The number of nitrogens with one attached hydrogen (secondary N) is 1. The Bertz CT molecular complexity index is 1270. The zero-order valence-electron chi connectivity index (χ0n) is 16.5. The van der Waals surface area contributed by atoms with Gasteiger partial charge in [-0.15, -0.1) is 0 Å². The number of aromatic nitrogens is 1. The maximum Gasteiger partial charge on any atom is 0.416 e. The summed E-state index contributed by atoms with van der Waals surface area (Å²) in [5.74, 6) is -0.579. The van der Waals surface area contributed by atoms with Crippen LogP contribution in [0.25, 0.3) is 0 Å². The zero-order chi connectivity index (χ0) is 23.1. The number of carbonyl (C=O) groups excluding carboxylic acids is 1. The first-order chi connectivity index (χ1) is 15.1. The number of alkyl halides is 3. The highest BCUT2D eigenvalue weighted by atomic mass is 32.2. The standard InChI is InChI=1S/C20H16F3N3O5S/c1-12-18(31-11-24-12)19(27)25-14-4-7-16-17(10-14)32(28,29)26(8-9-30-16)15-5-2-13(3-6-15)20(21,22)23/h2-7,10-11H,8-9H2,1H3,(H,25,27). The number of amides is 1. The zero-order valence-corrected chi connectivity index (χ0v) is 17.3. The molecule has 0 radical (unpaired) electrons. The average molecular weight is 467 g/mol. The van der Waals surface area contributed by atoms with Crippen LogP contribution in [-0.2, 0) is 16.2 Å². The van der Waals surface area contributed by atoms with Crippen molar-refractivity contribution in [3.05, 3.63) is 65.9 Å². The summed E-state index contributed by atoms with van der Waals surface area (Å²) in [7, 11) is -4.20. The molecule has 0 bridgehead atoms. The van der Waals surface area contributed by atoms with E-state index in [9.17, 15) is 26.4 Å². The van der Waals surface area contributed by atoms with Crippen molar-refractivity contribution in [3.8, 4) is 5.75 Å².